The zero-order valence-corrected chi connectivity index (χ0v) is 22.2. The van der Waals surface area contributed by atoms with Gasteiger partial charge in [0, 0.05) is 32.9 Å². The Morgan fingerprint density at radius 2 is 1.58 bits per heavy atom. The van der Waals surface area contributed by atoms with Gasteiger partial charge in [-0.05, 0) is 31.2 Å². The van der Waals surface area contributed by atoms with Gasteiger partial charge in [0.1, 0.15) is 6.54 Å². The van der Waals surface area contributed by atoms with Crippen LogP contribution >= 0.6 is 31.9 Å². The van der Waals surface area contributed by atoms with Gasteiger partial charge in [-0.15, -0.1) is 0 Å². The lowest BCUT2D eigenvalue weighted by Crippen LogP contribution is -2.52. The minimum Gasteiger partial charge on any atom is -0.292 e. The number of carbonyl (C=O) groups is 4. The highest BCUT2D eigenvalue weighted by Gasteiger charge is 2.67. The molecule has 6 atom stereocenters. The van der Waals surface area contributed by atoms with Gasteiger partial charge in [0.05, 0.1) is 16.8 Å². The molecular formula is C25H21Br2N3O6. The third-order valence-corrected chi connectivity index (χ3v) is 10.6. The molecule has 0 unspecified atom stereocenters. The van der Waals surface area contributed by atoms with Gasteiger partial charge < -0.3 is 0 Å². The van der Waals surface area contributed by atoms with Crippen LogP contribution in [0.2, 0.25) is 0 Å². The lowest BCUT2D eigenvalue weighted by molar-refractivity contribution is -0.384. The Morgan fingerprint density at radius 3 is 2.14 bits per heavy atom. The zero-order chi connectivity index (χ0) is 25.9. The number of hydrogen-bond acceptors (Lipinski definition) is 6. The number of Topliss-reactive ketones (excluding diaryl/α,β-unsaturated/α-hetero) is 1. The third kappa shape index (κ3) is 3.88. The normalized spacial score (nSPS) is 28.4. The molecule has 186 valence electrons. The Labute approximate surface area is 223 Å². The van der Waals surface area contributed by atoms with Crippen LogP contribution in [0, 0.1) is 40.7 Å². The average Bonchev–Trinajstić information content (AvgIpc) is 3.47. The molecule has 11 heteroatoms. The molecule has 5 rings (SSSR count). The van der Waals surface area contributed by atoms with E-state index < -0.39 is 46.8 Å². The van der Waals surface area contributed by atoms with Crippen LogP contribution in [0.4, 0.5) is 5.69 Å². The highest BCUT2D eigenvalue weighted by molar-refractivity contribution is 9.12. The molecule has 3 fully saturated rings. The van der Waals surface area contributed by atoms with Crippen LogP contribution in [0.1, 0.15) is 32.7 Å². The Balaban J connectivity index is 1.52. The fraction of sp³-hybridized carbons (Fsp3) is 0.360. The smallest absolute Gasteiger partial charge is 0.273 e. The number of rotatable bonds is 6. The van der Waals surface area contributed by atoms with Crippen LogP contribution in [0.5, 0.6) is 0 Å². The Morgan fingerprint density at radius 1 is 1.00 bits per heavy atom. The van der Waals surface area contributed by atoms with E-state index in [-0.39, 0.29) is 32.7 Å². The van der Waals surface area contributed by atoms with E-state index in [9.17, 15) is 29.3 Å². The first-order valence-electron chi connectivity index (χ1n) is 11.4. The first-order chi connectivity index (χ1) is 17.1. The molecule has 0 N–H and O–H groups in total. The van der Waals surface area contributed by atoms with Crippen LogP contribution in [0.15, 0.2) is 48.5 Å². The molecule has 2 aliphatic carbocycles. The summed E-state index contributed by atoms with van der Waals surface area (Å²) in [7, 11) is 0. The molecule has 9 nitrogen and oxygen atoms in total. The van der Waals surface area contributed by atoms with E-state index in [1.807, 2.05) is 6.92 Å². The molecule has 2 aromatic carbocycles. The number of carbonyl (C=O) groups excluding carboxylic acids is 4. The topological polar surface area (TPSA) is 118 Å². The van der Waals surface area contributed by atoms with Gasteiger partial charge in [-0.1, -0.05) is 67.8 Å². The minimum atomic E-state index is -0.834. The van der Waals surface area contributed by atoms with Crippen molar-refractivity contribution in [3.05, 3.63) is 75.3 Å². The fourth-order valence-corrected chi connectivity index (χ4v) is 7.55. The predicted molar refractivity (Wildman–Crippen MR) is 136 cm³/mol. The SMILES string of the molecule is Cc1ccc(C(=O)CN(C(=O)c2cccc([N+](=O)[O-])c2)N2C(=O)[C@@H]3[C@H]4C[C@@H]([C@H](Br)[C@H]4Br)[C@@H]3C2=O)cc1. The van der Waals surface area contributed by atoms with Gasteiger partial charge in [-0.3, -0.25) is 29.3 Å². The van der Waals surface area contributed by atoms with Crippen molar-refractivity contribution in [2.75, 3.05) is 6.54 Å². The molecule has 3 amide bonds. The van der Waals surface area contributed by atoms with Gasteiger partial charge >= 0.3 is 0 Å². The van der Waals surface area contributed by atoms with Gasteiger partial charge in [0.25, 0.3) is 23.4 Å². The van der Waals surface area contributed by atoms with Crippen LogP contribution < -0.4 is 0 Å². The summed E-state index contributed by atoms with van der Waals surface area (Å²) in [6.45, 7) is 1.31. The van der Waals surface area contributed by atoms with Crippen molar-refractivity contribution in [3.63, 3.8) is 0 Å². The number of nitro benzene ring substituents is 1. The van der Waals surface area contributed by atoms with E-state index in [1.165, 1.54) is 18.2 Å². The number of benzene rings is 2. The number of amides is 3. The quantitative estimate of drug-likeness (QED) is 0.159. The molecule has 2 bridgehead atoms. The Bertz CT molecular complexity index is 1270. The maximum Gasteiger partial charge on any atom is 0.273 e. The number of nitrogens with zero attached hydrogens (tertiary/aromatic N) is 3. The summed E-state index contributed by atoms with van der Waals surface area (Å²) in [5.41, 5.74) is 0.845. The third-order valence-electron chi connectivity index (χ3n) is 7.41. The van der Waals surface area contributed by atoms with Gasteiger partial charge in [0.2, 0.25) is 0 Å². The number of halogens is 2. The molecule has 1 aliphatic heterocycles. The zero-order valence-electron chi connectivity index (χ0n) is 19.0. The van der Waals surface area contributed by atoms with Gasteiger partial charge in [-0.25, -0.2) is 5.01 Å². The maximum atomic E-state index is 13.6. The standard InChI is InChI=1S/C25H21Br2N3O6/c1-12-5-7-13(8-6-12)18(31)11-28(23(32)14-3-2-4-15(9-14)30(35)36)29-24(33)19-16-10-17(20(19)25(29)34)22(27)21(16)26/h2-9,16-17,19-22H,10-11H2,1H3/t16-,17-,19-,20+,21+,22+/m1/s1. The van der Waals surface area contributed by atoms with Crippen molar-refractivity contribution in [1.29, 1.82) is 0 Å². The molecule has 2 saturated carbocycles. The average molecular weight is 619 g/mol. The van der Waals surface area contributed by atoms with E-state index in [0.29, 0.717) is 12.0 Å². The molecule has 0 radical (unpaired) electrons. The number of aryl methyl sites for hydroxylation is 1. The summed E-state index contributed by atoms with van der Waals surface area (Å²) < 4.78 is 0. The van der Waals surface area contributed by atoms with Crippen molar-refractivity contribution < 1.29 is 24.1 Å². The molecular weight excluding hydrogens is 598 g/mol. The van der Waals surface area contributed by atoms with E-state index in [4.69, 9.17) is 0 Å². The van der Waals surface area contributed by atoms with Crippen molar-refractivity contribution >= 4 is 61.1 Å². The summed E-state index contributed by atoms with van der Waals surface area (Å²) >= 11 is 7.28. The molecule has 1 heterocycles. The highest BCUT2D eigenvalue weighted by Crippen LogP contribution is 2.60. The molecule has 2 aromatic rings. The second-order valence-electron chi connectivity index (χ2n) is 9.45. The number of nitro groups is 1. The number of hydrazine groups is 1. The number of fused-ring (bicyclic) bond motifs is 5. The fourth-order valence-electron chi connectivity index (χ4n) is 5.67. The highest BCUT2D eigenvalue weighted by atomic mass is 79.9. The predicted octanol–water partition coefficient (Wildman–Crippen LogP) is 3.92. The molecule has 3 aliphatic rings. The number of non-ortho nitro benzene ring substituents is 1. The van der Waals surface area contributed by atoms with Crippen LogP contribution in [0.25, 0.3) is 0 Å². The number of imide groups is 1. The molecule has 0 spiro atoms. The number of alkyl halides is 2. The summed E-state index contributed by atoms with van der Waals surface area (Å²) in [6.07, 6.45) is 0.716. The lowest BCUT2D eigenvalue weighted by atomic mass is 9.81. The molecule has 0 aromatic heterocycles. The van der Waals surface area contributed by atoms with Crippen LogP contribution in [-0.2, 0) is 9.59 Å². The molecule has 36 heavy (non-hydrogen) atoms. The summed E-state index contributed by atoms with van der Waals surface area (Å²) in [5, 5.41) is 12.9. The number of hydrogen-bond donors (Lipinski definition) is 0. The molecule has 1 saturated heterocycles. The van der Waals surface area contributed by atoms with E-state index in [1.54, 1.807) is 24.3 Å². The number of ketones is 1. The van der Waals surface area contributed by atoms with Crippen molar-refractivity contribution in [2.45, 2.75) is 23.0 Å². The summed E-state index contributed by atoms with van der Waals surface area (Å²) in [4.78, 5) is 64.7. The lowest BCUT2D eigenvalue weighted by Gasteiger charge is -2.30. The van der Waals surface area contributed by atoms with Crippen molar-refractivity contribution in [3.8, 4) is 0 Å². The van der Waals surface area contributed by atoms with E-state index in [2.05, 4.69) is 31.9 Å². The van der Waals surface area contributed by atoms with Crippen LogP contribution in [0.3, 0.4) is 0 Å². The first-order valence-corrected chi connectivity index (χ1v) is 13.3. The van der Waals surface area contributed by atoms with Crippen molar-refractivity contribution in [2.24, 2.45) is 23.7 Å². The summed E-state index contributed by atoms with van der Waals surface area (Å²) in [5.74, 6) is -3.66. The first kappa shape index (κ1) is 24.8. The Hall–Kier alpha value is -2.92. The van der Waals surface area contributed by atoms with E-state index in [0.717, 1.165) is 21.6 Å². The van der Waals surface area contributed by atoms with Crippen molar-refractivity contribution in [1.82, 2.24) is 10.0 Å². The van der Waals surface area contributed by atoms with Gasteiger partial charge in [-0.2, -0.15) is 5.01 Å². The largest absolute Gasteiger partial charge is 0.292 e. The minimum absolute atomic E-state index is 0.00978. The second kappa shape index (κ2) is 9.19. The van der Waals surface area contributed by atoms with Crippen LogP contribution in [-0.4, -0.2) is 54.6 Å². The van der Waals surface area contributed by atoms with E-state index >= 15 is 0 Å². The second-order valence-corrected chi connectivity index (χ2v) is 11.6. The maximum absolute atomic E-state index is 13.6. The van der Waals surface area contributed by atoms with Gasteiger partial charge in [0.15, 0.2) is 5.78 Å². The monoisotopic (exact) mass is 617 g/mol. The Kier molecular flexibility index (Phi) is 6.32. The summed E-state index contributed by atoms with van der Waals surface area (Å²) in [6, 6.07) is 11.7.